The lowest BCUT2D eigenvalue weighted by Crippen LogP contribution is -2.52. The van der Waals surface area contributed by atoms with E-state index in [0.717, 1.165) is 12.1 Å². The van der Waals surface area contributed by atoms with Crippen LogP contribution >= 0.6 is 0 Å². The number of imide groups is 1. The number of amides is 4. The molecule has 3 aromatic rings. The van der Waals surface area contributed by atoms with E-state index in [9.17, 15) is 28.0 Å². The van der Waals surface area contributed by atoms with E-state index in [1.807, 2.05) is 0 Å². The first kappa shape index (κ1) is 30.0. The van der Waals surface area contributed by atoms with E-state index >= 15 is 0 Å². The lowest BCUT2D eigenvalue weighted by atomic mass is 10.0. The van der Waals surface area contributed by atoms with Crippen molar-refractivity contribution in [1.29, 1.82) is 0 Å². The van der Waals surface area contributed by atoms with E-state index in [-0.39, 0.29) is 59.9 Å². The first-order chi connectivity index (χ1) is 21.7. The van der Waals surface area contributed by atoms with Gasteiger partial charge in [-0.1, -0.05) is 6.07 Å². The molecule has 0 spiro atoms. The highest BCUT2D eigenvalue weighted by atomic mass is 19.2. The third kappa shape index (κ3) is 6.03. The Hall–Kier alpha value is -5.04. The Bertz CT molecular complexity index is 1660. The van der Waals surface area contributed by atoms with Crippen LogP contribution < -0.4 is 19.7 Å². The highest BCUT2D eigenvalue weighted by Gasteiger charge is 2.42. The molecule has 0 radical (unpaired) electrons. The number of carbonyl (C=O) groups excluding carboxylic acids is 4. The minimum atomic E-state index is -1.06. The molecule has 3 aliphatic heterocycles. The van der Waals surface area contributed by atoms with Crippen LogP contribution in [0.3, 0.4) is 0 Å². The maximum Gasteiger partial charge on any atom is 0.418 e. The molecular weight excluding hydrogens is 592 g/mol. The summed E-state index contributed by atoms with van der Waals surface area (Å²) in [6.45, 7) is 1.05. The SMILES string of the molecule is COC(=O)N(c1ccc(Oc2ccc(F)c(F)c2)cc1)c1ccc2c(c1OC1CCOCC1)C(=O)N(C1CCC(=O)NC1=O)C2. The Morgan fingerprint density at radius 3 is 2.38 bits per heavy atom. The van der Waals surface area contributed by atoms with Crippen molar-refractivity contribution in [2.45, 2.75) is 44.4 Å². The van der Waals surface area contributed by atoms with Crippen LogP contribution in [0, 0.1) is 11.6 Å². The fourth-order valence-electron chi connectivity index (χ4n) is 5.64. The number of anilines is 2. The van der Waals surface area contributed by atoms with Gasteiger partial charge in [-0.3, -0.25) is 19.7 Å². The lowest BCUT2D eigenvalue weighted by molar-refractivity contribution is -0.136. The lowest BCUT2D eigenvalue weighted by Gasteiger charge is -2.30. The molecule has 13 heteroatoms. The first-order valence-corrected chi connectivity index (χ1v) is 14.4. The number of methoxy groups -OCH3 is 1. The summed E-state index contributed by atoms with van der Waals surface area (Å²) in [6.07, 6.45) is 0.339. The number of hydrogen-bond acceptors (Lipinski definition) is 8. The Kier molecular flexibility index (Phi) is 8.35. The highest BCUT2D eigenvalue weighted by molar-refractivity contribution is 6.09. The van der Waals surface area contributed by atoms with Crippen molar-refractivity contribution in [1.82, 2.24) is 10.2 Å². The molecule has 1 atom stereocenters. The zero-order chi connectivity index (χ0) is 31.7. The Labute approximate surface area is 256 Å². The second-order valence-corrected chi connectivity index (χ2v) is 10.8. The molecule has 0 aliphatic carbocycles. The number of halogens is 2. The van der Waals surface area contributed by atoms with E-state index in [0.29, 0.717) is 37.3 Å². The average Bonchev–Trinajstić information content (AvgIpc) is 3.37. The third-order valence-electron chi connectivity index (χ3n) is 7.90. The number of nitrogens with zero attached hydrogens (tertiary/aromatic N) is 2. The van der Waals surface area contributed by atoms with Gasteiger partial charge in [0.2, 0.25) is 11.8 Å². The Morgan fingerprint density at radius 2 is 1.69 bits per heavy atom. The fourth-order valence-corrected chi connectivity index (χ4v) is 5.64. The third-order valence-corrected chi connectivity index (χ3v) is 7.90. The van der Waals surface area contributed by atoms with Gasteiger partial charge in [0, 0.05) is 31.9 Å². The maximum atomic E-state index is 14.0. The molecule has 0 saturated carbocycles. The number of fused-ring (bicyclic) bond motifs is 1. The predicted molar refractivity (Wildman–Crippen MR) is 154 cm³/mol. The quantitative estimate of drug-likeness (QED) is 0.367. The van der Waals surface area contributed by atoms with E-state index in [1.165, 1.54) is 35.1 Å². The number of carbonyl (C=O) groups is 4. The van der Waals surface area contributed by atoms with Gasteiger partial charge in [-0.15, -0.1) is 0 Å². The number of rotatable bonds is 7. The Morgan fingerprint density at radius 1 is 0.956 bits per heavy atom. The van der Waals surface area contributed by atoms with Gasteiger partial charge in [0.1, 0.15) is 23.6 Å². The molecule has 3 aromatic carbocycles. The minimum absolute atomic E-state index is 0.0799. The smallest absolute Gasteiger partial charge is 0.418 e. The summed E-state index contributed by atoms with van der Waals surface area (Å²) in [5, 5.41) is 2.30. The number of benzene rings is 3. The molecule has 1 unspecified atom stereocenters. The molecular formula is C32H29F2N3O8. The number of hydrogen-bond donors (Lipinski definition) is 1. The molecule has 11 nitrogen and oxygen atoms in total. The maximum absolute atomic E-state index is 14.0. The number of piperidine rings is 1. The summed E-state index contributed by atoms with van der Waals surface area (Å²) in [5.74, 6) is -2.91. The van der Waals surface area contributed by atoms with Crippen LogP contribution in [-0.2, 0) is 25.6 Å². The summed E-state index contributed by atoms with van der Waals surface area (Å²) in [7, 11) is 1.22. The van der Waals surface area contributed by atoms with Gasteiger partial charge in [0.05, 0.1) is 37.3 Å². The summed E-state index contributed by atoms with van der Waals surface area (Å²) in [6, 6.07) is 11.9. The molecule has 2 fully saturated rings. The molecule has 4 amide bonds. The van der Waals surface area contributed by atoms with Crippen molar-refractivity contribution >= 4 is 35.2 Å². The van der Waals surface area contributed by atoms with E-state index < -0.39 is 35.6 Å². The van der Waals surface area contributed by atoms with Crippen LogP contribution in [-0.4, -0.2) is 61.2 Å². The van der Waals surface area contributed by atoms with Crippen LogP contribution in [0.1, 0.15) is 41.6 Å². The van der Waals surface area contributed by atoms with E-state index in [2.05, 4.69) is 5.32 Å². The Balaban J connectivity index is 1.37. The van der Waals surface area contributed by atoms with Crippen molar-refractivity contribution in [2.75, 3.05) is 25.2 Å². The van der Waals surface area contributed by atoms with E-state index in [1.54, 1.807) is 24.3 Å². The van der Waals surface area contributed by atoms with Crippen LogP contribution in [0.25, 0.3) is 0 Å². The van der Waals surface area contributed by atoms with Crippen molar-refractivity contribution in [3.63, 3.8) is 0 Å². The first-order valence-electron chi connectivity index (χ1n) is 14.4. The van der Waals surface area contributed by atoms with Gasteiger partial charge in [-0.05, 0) is 54.4 Å². The topological polar surface area (TPSA) is 124 Å². The van der Waals surface area contributed by atoms with Gasteiger partial charge in [-0.25, -0.2) is 18.5 Å². The van der Waals surface area contributed by atoms with Gasteiger partial charge < -0.3 is 23.8 Å². The van der Waals surface area contributed by atoms with Gasteiger partial charge in [0.25, 0.3) is 5.91 Å². The molecule has 2 saturated heterocycles. The standard InChI is InChI=1S/C32H29F2N3O8/c1-42-32(41)37(19-3-5-20(6-4-19)44-22-7-8-23(33)24(34)16-22)25-9-2-18-17-36(26-10-11-27(38)35-30(26)39)31(40)28(18)29(25)45-21-12-14-43-15-13-21/h2-9,16,21,26H,10-15,17H2,1H3,(H,35,38,39). The van der Waals surface area contributed by atoms with Crippen molar-refractivity contribution in [3.8, 4) is 17.2 Å². The second kappa shape index (κ2) is 12.5. The van der Waals surface area contributed by atoms with Gasteiger partial charge in [0.15, 0.2) is 17.4 Å². The van der Waals surface area contributed by atoms with Crippen LogP contribution in [0.4, 0.5) is 25.0 Å². The second-order valence-electron chi connectivity index (χ2n) is 10.8. The summed E-state index contributed by atoms with van der Waals surface area (Å²) >= 11 is 0. The van der Waals surface area contributed by atoms with Crippen molar-refractivity contribution in [3.05, 3.63) is 77.4 Å². The molecule has 45 heavy (non-hydrogen) atoms. The van der Waals surface area contributed by atoms with Gasteiger partial charge >= 0.3 is 6.09 Å². The van der Waals surface area contributed by atoms with Crippen LogP contribution in [0.5, 0.6) is 17.2 Å². The molecule has 0 bridgehead atoms. The predicted octanol–water partition coefficient (Wildman–Crippen LogP) is 4.98. The summed E-state index contributed by atoms with van der Waals surface area (Å²) in [5.41, 5.74) is 1.40. The van der Waals surface area contributed by atoms with Crippen LogP contribution in [0.15, 0.2) is 54.6 Å². The van der Waals surface area contributed by atoms with Crippen LogP contribution in [0.2, 0.25) is 0 Å². The monoisotopic (exact) mass is 621 g/mol. The number of ether oxygens (including phenoxy) is 4. The fraction of sp³-hybridized carbons (Fsp3) is 0.312. The summed E-state index contributed by atoms with van der Waals surface area (Å²) < 4.78 is 49.7. The molecule has 1 N–H and O–H groups in total. The van der Waals surface area contributed by atoms with Crippen molar-refractivity contribution < 1.29 is 46.9 Å². The van der Waals surface area contributed by atoms with E-state index in [4.69, 9.17) is 18.9 Å². The zero-order valence-corrected chi connectivity index (χ0v) is 24.2. The van der Waals surface area contributed by atoms with Crippen molar-refractivity contribution in [2.24, 2.45) is 0 Å². The highest BCUT2D eigenvalue weighted by Crippen LogP contribution is 2.44. The zero-order valence-electron chi connectivity index (χ0n) is 24.2. The number of nitrogens with one attached hydrogen (secondary N) is 1. The molecule has 3 heterocycles. The minimum Gasteiger partial charge on any atom is -0.487 e. The largest absolute Gasteiger partial charge is 0.487 e. The molecule has 3 aliphatic rings. The molecule has 0 aromatic heterocycles. The molecule has 234 valence electrons. The molecule has 6 rings (SSSR count). The normalized spacial score (nSPS) is 18.3. The van der Waals surface area contributed by atoms with Gasteiger partial charge in [-0.2, -0.15) is 0 Å². The summed E-state index contributed by atoms with van der Waals surface area (Å²) in [4.78, 5) is 54.3. The average molecular weight is 622 g/mol.